The zero-order valence-electron chi connectivity index (χ0n) is 14.0. The largest absolute Gasteiger partial charge is 0.366 e. The van der Waals surface area contributed by atoms with E-state index >= 15 is 0 Å². The molecule has 0 aliphatic carbocycles. The first kappa shape index (κ1) is 14.9. The minimum Gasteiger partial charge on any atom is -0.366 e. The molecule has 1 fully saturated rings. The number of hydrogen-bond acceptors (Lipinski definition) is 4. The van der Waals surface area contributed by atoms with Gasteiger partial charge >= 0.3 is 0 Å². The highest BCUT2D eigenvalue weighted by molar-refractivity contribution is 7.18. The molecule has 3 heterocycles. The lowest BCUT2D eigenvalue weighted by molar-refractivity contribution is 0.324. The van der Waals surface area contributed by atoms with Crippen LogP contribution in [0.25, 0.3) is 10.2 Å². The van der Waals surface area contributed by atoms with E-state index in [9.17, 15) is 5.26 Å². The summed E-state index contributed by atoms with van der Waals surface area (Å²) in [5.41, 5.74) is 3.07. The average molecular weight is 345 g/mol. The Labute approximate surface area is 151 Å². The van der Waals surface area contributed by atoms with E-state index in [2.05, 4.69) is 47.4 Å². The van der Waals surface area contributed by atoms with Crippen molar-refractivity contribution in [2.45, 2.75) is 37.1 Å². The van der Waals surface area contributed by atoms with Gasteiger partial charge in [0.15, 0.2) is 0 Å². The fourth-order valence-corrected chi connectivity index (χ4v) is 5.69. The second-order valence-corrected chi connectivity index (χ2v) is 8.11. The summed E-state index contributed by atoms with van der Waals surface area (Å²) in [6.07, 6.45) is 4.22. The van der Waals surface area contributed by atoms with Gasteiger partial charge in [-0.3, -0.25) is 0 Å². The van der Waals surface area contributed by atoms with Crippen molar-refractivity contribution in [3.05, 3.63) is 59.1 Å². The first-order chi connectivity index (χ1) is 12.3. The number of thiazole rings is 1. The van der Waals surface area contributed by atoms with Gasteiger partial charge in [0.25, 0.3) is 0 Å². The molecule has 1 aromatic heterocycles. The number of piperidine rings is 1. The molecule has 0 radical (unpaired) electrons. The number of anilines is 1. The highest BCUT2D eigenvalue weighted by Crippen LogP contribution is 2.48. The van der Waals surface area contributed by atoms with Crippen LogP contribution < -0.4 is 4.90 Å². The number of para-hydroxylation sites is 2. The molecule has 0 amide bonds. The third-order valence-corrected chi connectivity index (χ3v) is 6.93. The van der Waals surface area contributed by atoms with E-state index in [1.807, 2.05) is 12.1 Å². The molecule has 25 heavy (non-hydrogen) atoms. The predicted octanol–water partition coefficient (Wildman–Crippen LogP) is 4.67. The van der Waals surface area contributed by atoms with Crippen LogP contribution in [-0.4, -0.2) is 17.6 Å². The molecule has 1 saturated heterocycles. The molecular formula is C21H19N3S. The maximum atomic E-state index is 10.4. The fourth-order valence-electron chi connectivity index (χ4n) is 4.53. The van der Waals surface area contributed by atoms with Gasteiger partial charge in [-0.25, -0.2) is 4.98 Å². The highest BCUT2D eigenvalue weighted by atomic mass is 32.1. The molecule has 2 aliphatic rings. The fraction of sp³-hybridized carbons (Fsp3) is 0.333. The van der Waals surface area contributed by atoms with Crippen LogP contribution in [0.2, 0.25) is 0 Å². The third-order valence-electron chi connectivity index (χ3n) is 5.72. The van der Waals surface area contributed by atoms with E-state index in [4.69, 9.17) is 4.98 Å². The van der Waals surface area contributed by atoms with Crippen LogP contribution in [-0.2, 0) is 11.8 Å². The quantitative estimate of drug-likeness (QED) is 0.643. The zero-order chi connectivity index (χ0) is 16.9. The van der Waals surface area contributed by atoms with Crippen molar-refractivity contribution in [2.75, 3.05) is 11.4 Å². The molecule has 2 aromatic carbocycles. The van der Waals surface area contributed by atoms with Crippen LogP contribution in [0, 0.1) is 11.3 Å². The van der Waals surface area contributed by atoms with Crippen molar-refractivity contribution in [3.63, 3.8) is 0 Å². The molecule has 0 N–H and O–H groups in total. The lowest BCUT2D eigenvalue weighted by Gasteiger charge is -2.49. The summed E-state index contributed by atoms with van der Waals surface area (Å²) in [7, 11) is 0. The summed E-state index contributed by atoms with van der Waals surface area (Å²) >= 11 is 1.70. The van der Waals surface area contributed by atoms with Gasteiger partial charge in [-0.05, 0) is 43.0 Å². The van der Waals surface area contributed by atoms with Crippen LogP contribution in [0.1, 0.15) is 29.8 Å². The Hall–Kier alpha value is -2.38. The molecule has 2 aliphatic heterocycles. The van der Waals surface area contributed by atoms with Gasteiger partial charge in [-0.1, -0.05) is 30.3 Å². The monoisotopic (exact) mass is 345 g/mol. The van der Waals surface area contributed by atoms with Crippen molar-refractivity contribution in [1.82, 2.24) is 4.98 Å². The molecule has 5 rings (SSSR count). The van der Waals surface area contributed by atoms with E-state index < -0.39 is 5.41 Å². The smallest absolute Gasteiger partial charge is 0.133 e. The number of fused-ring (bicyclic) bond motifs is 4. The van der Waals surface area contributed by atoms with Crippen molar-refractivity contribution in [2.24, 2.45) is 0 Å². The number of hydrogen-bond donors (Lipinski definition) is 0. The first-order valence-corrected chi connectivity index (χ1v) is 9.75. The third kappa shape index (κ3) is 2.12. The van der Waals surface area contributed by atoms with E-state index in [1.54, 1.807) is 11.3 Å². The standard InChI is InChI=1S/C21H19N3S/c22-14-21(20-23-16-8-2-4-10-18(16)25-20)13-15-7-1-3-9-17(15)24-12-6-5-11-19(21)24/h1-4,7-10,19H,5-6,11-13H2. The maximum Gasteiger partial charge on any atom is 0.133 e. The van der Waals surface area contributed by atoms with Gasteiger partial charge in [0, 0.05) is 18.7 Å². The van der Waals surface area contributed by atoms with Crippen molar-refractivity contribution in [3.8, 4) is 6.07 Å². The van der Waals surface area contributed by atoms with Crippen LogP contribution in [0.4, 0.5) is 5.69 Å². The summed E-state index contributed by atoms with van der Waals surface area (Å²) < 4.78 is 1.17. The summed E-state index contributed by atoms with van der Waals surface area (Å²) in [5, 5.41) is 11.4. The summed E-state index contributed by atoms with van der Waals surface area (Å²) in [6, 6.07) is 19.8. The lowest BCUT2D eigenvalue weighted by Crippen LogP contribution is -2.56. The van der Waals surface area contributed by atoms with E-state index in [0.29, 0.717) is 0 Å². The van der Waals surface area contributed by atoms with Crippen molar-refractivity contribution < 1.29 is 0 Å². The molecule has 2 unspecified atom stereocenters. The Balaban J connectivity index is 1.73. The van der Waals surface area contributed by atoms with Crippen LogP contribution in [0.3, 0.4) is 0 Å². The van der Waals surface area contributed by atoms with Crippen molar-refractivity contribution >= 4 is 27.2 Å². The Morgan fingerprint density at radius 1 is 1.12 bits per heavy atom. The molecule has 3 aromatic rings. The molecule has 0 spiro atoms. The summed E-state index contributed by atoms with van der Waals surface area (Å²) in [6.45, 7) is 1.04. The van der Waals surface area contributed by atoms with Gasteiger partial charge in [0.2, 0.25) is 0 Å². The molecule has 0 saturated carbocycles. The molecule has 0 bridgehead atoms. The van der Waals surface area contributed by atoms with Crippen LogP contribution >= 0.6 is 11.3 Å². The van der Waals surface area contributed by atoms with E-state index in [1.165, 1.54) is 28.8 Å². The Bertz CT molecular complexity index is 953. The number of nitrogens with zero attached hydrogens (tertiary/aromatic N) is 3. The Morgan fingerprint density at radius 3 is 2.84 bits per heavy atom. The van der Waals surface area contributed by atoms with E-state index in [-0.39, 0.29) is 6.04 Å². The van der Waals surface area contributed by atoms with Crippen molar-refractivity contribution in [1.29, 1.82) is 5.26 Å². The van der Waals surface area contributed by atoms with Gasteiger partial charge < -0.3 is 4.90 Å². The summed E-state index contributed by atoms with van der Waals surface area (Å²) in [5.74, 6) is 0. The van der Waals surface area contributed by atoms with Gasteiger partial charge in [0.05, 0.1) is 22.3 Å². The predicted molar refractivity (Wildman–Crippen MR) is 102 cm³/mol. The zero-order valence-corrected chi connectivity index (χ0v) is 14.8. The number of rotatable bonds is 1. The number of aromatic nitrogens is 1. The van der Waals surface area contributed by atoms with E-state index in [0.717, 1.165) is 29.9 Å². The summed E-state index contributed by atoms with van der Waals surface area (Å²) in [4.78, 5) is 7.40. The van der Waals surface area contributed by atoms with Gasteiger partial charge in [-0.2, -0.15) is 5.26 Å². The second-order valence-electron chi connectivity index (χ2n) is 7.08. The first-order valence-electron chi connectivity index (χ1n) is 8.94. The molecule has 124 valence electrons. The minimum atomic E-state index is -0.543. The van der Waals surface area contributed by atoms with Gasteiger partial charge in [0.1, 0.15) is 10.4 Å². The Morgan fingerprint density at radius 2 is 1.96 bits per heavy atom. The van der Waals surface area contributed by atoms with Gasteiger partial charge in [-0.15, -0.1) is 11.3 Å². The SMILES string of the molecule is N#CC1(c2nc3ccccc3s2)Cc2ccccc2N2CCCCC21. The topological polar surface area (TPSA) is 39.9 Å². The normalized spacial score (nSPS) is 25.2. The molecule has 4 heteroatoms. The number of benzene rings is 2. The molecule has 2 atom stereocenters. The minimum absolute atomic E-state index is 0.224. The second kappa shape index (κ2) is 5.57. The van der Waals surface area contributed by atoms with Crippen LogP contribution in [0.5, 0.6) is 0 Å². The number of nitriles is 1. The maximum absolute atomic E-state index is 10.4. The lowest BCUT2D eigenvalue weighted by atomic mass is 9.69. The highest BCUT2D eigenvalue weighted by Gasteiger charge is 2.50. The average Bonchev–Trinajstić information content (AvgIpc) is 3.12. The van der Waals surface area contributed by atoms with Crippen LogP contribution in [0.15, 0.2) is 48.5 Å². The molecular weight excluding hydrogens is 326 g/mol. The molecule has 3 nitrogen and oxygen atoms in total. The Kier molecular flexibility index (Phi) is 3.33.